The lowest BCUT2D eigenvalue weighted by atomic mass is 10.1. The van der Waals surface area contributed by atoms with Gasteiger partial charge in [0, 0.05) is 34.1 Å². The van der Waals surface area contributed by atoms with Crippen LogP contribution in [0.5, 0.6) is 0 Å². The lowest BCUT2D eigenvalue weighted by Crippen LogP contribution is -2.14. The molecule has 30 heavy (non-hydrogen) atoms. The smallest absolute Gasteiger partial charge is 0.236 e. The molecule has 0 N–H and O–H groups in total. The molecule has 0 aliphatic rings. The highest BCUT2D eigenvalue weighted by Gasteiger charge is 2.22. The molecule has 0 atom stereocenters. The van der Waals surface area contributed by atoms with Crippen molar-refractivity contribution in [3.8, 4) is 11.1 Å². The van der Waals surface area contributed by atoms with Gasteiger partial charge in [-0.1, -0.05) is 42.5 Å². The highest BCUT2D eigenvalue weighted by atomic mass is 79.9. The SMILES string of the molecule is CS(=O)(=O)c1ccc(-c2cn(S(=O)(=O)Cc3ccccc3)c3ncc(Br)cc23)cc1. The summed E-state index contributed by atoms with van der Waals surface area (Å²) < 4.78 is 51.7. The van der Waals surface area contributed by atoms with Gasteiger partial charge < -0.3 is 0 Å². The number of rotatable bonds is 5. The van der Waals surface area contributed by atoms with E-state index in [1.807, 2.05) is 6.07 Å². The number of fused-ring (bicyclic) bond motifs is 1. The van der Waals surface area contributed by atoms with E-state index >= 15 is 0 Å². The van der Waals surface area contributed by atoms with Crippen LogP contribution in [0.25, 0.3) is 22.2 Å². The first kappa shape index (κ1) is 20.8. The topological polar surface area (TPSA) is 86.1 Å². The molecular formula is C21H17BrN2O4S2. The fourth-order valence-corrected chi connectivity index (χ4v) is 5.62. The highest BCUT2D eigenvalue weighted by molar-refractivity contribution is 9.10. The third-order valence-electron chi connectivity index (χ3n) is 4.66. The average molecular weight is 505 g/mol. The molecule has 0 spiro atoms. The van der Waals surface area contributed by atoms with E-state index in [1.54, 1.807) is 48.7 Å². The Balaban J connectivity index is 1.87. The van der Waals surface area contributed by atoms with Crippen molar-refractivity contribution in [3.63, 3.8) is 0 Å². The number of hydrogen-bond acceptors (Lipinski definition) is 5. The van der Waals surface area contributed by atoms with E-state index in [9.17, 15) is 16.8 Å². The van der Waals surface area contributed by atoms with Crippen LogP contribution in [0.1, 0.15) is 5.56 Å². The number of benzene rings is 2. The molecule has 4 aromatic rings. The van der Waals surface area contributed by atoms with Crippen LogP contribution in [-0.4, -0.2) is 32.0 Å². The van der Waals surface area contributed by atoms with Crippen LogP contribution in [0.2, 0.25) is 0 Å². The third-order valence-corrected chi connectivity index (χ3v) is 7.80. The molecule has 0 saturated carbocycles. The summed E-state index contributed by atoms with van der Waals surface area (Å²) in [5.41, 5.74) is 2.34. The van der Waals surface area contributed by atoms with Gasteiger partial charge in [-0.2, -0.15) is 0 Å². The maximum Gasteiger partial charge on any atom is 0.244 e. The molecular weight excluding hydrogens is 488 g/mol. The van der Waals surface area contributed by atoms with E-state index in [0.717, 1.165) is 6.26 Å². The van der Waals surface area contributed by atoms with Gasteiger partial charge in [0.2, 0.25) is 10.0 Å². The van der Waals surface area contributed by atoms with Crippen molar-refractivity contribution in [3.05, 3.63) is 83.1 Å². The van der Waals surface area contributed by atoms with Crippen molar-refractivity contribution in [2.45, 2.75) is 10.6 Å². The first-order valence-corrected chi connectivity index (χ1v) is 13.2. The van der Waals surface area contributed by atoms with Gasteiger partial charge in [0.15, 0.2) is 15.5 Å². The molecule has 9 heteroatoms. The third kappa shape index (κ3) is 4.05. The minimum atomic E-state index is -3.73. The van der Waals surface area contributed by atoms with Crippen molar-refractivity contribution < 1.29 is 16.8 Å². The fraction of sp³-hybridized carbons (Fsp3) is 0.0952. The number of sulfone groups is 1. The van der Waals surface area contributed by atoms with Gasteiger partial charge in [0.25, 0.3) is 0 Å². The van der Waals surface area contributed by atoms with Crippen molar-refractivity contribution in [2.75, 3.05) is 6.26 Å². The Morgan fingerprint density at radius 1 is 0.967 bits per heavy atom. The number of pyridine rings is 1. The van der Waals surface area contributed by atoms with Crippen LogP contribution in [0.15, 0.2) is 82.4 Å². The average Bonchev–Trinajstić information content (AvgIpc) is 3.07. The standard InChI is InChI=1S/C21H17BrN2O4S2/c1-29(25,26)18-9-7-16(8-10-18)20-13-24(21-19(20)11-17(22)12-23-21)30(27,28)14-15-5-3-2-4-6-15/h2-13H,14H2,1H3. The molecule has 2 aromatic carbocycles. The van der Waals surface area contributed by atoms with Crippen molar-refractivity contribution in [1.82, 2.24) is 8.96 Å². The first-order chi connectivity index (χ1) is 14.1. The van der Waals surface area contributed by atoms with E-state index in [-0.39, 0.29) is 10.6 Å². The molecule has 0 radical (unpaired) electrons. The predicted octanol–water partition coefficient (Wildman–Crippen LogP) is 4.25. The molecule has 0 saturated heterocycles. The molecule has 2 aromatic heterocycles. The molecule has 0 amide bonds. The van der Waals surface area contributed by atoms with Crippen LogP contribution in [0.3, 0.4) is 0 Å². The number of aromatic nitrogens is 2. The Hall–Kier alpha value is -2.49. The second kappa shape index (κ2) is 7.64. The lowest BCUT2D eigenvalue weighted by molar-refractivity contribution is 0.587. The lowest BCUT2D eigenvalue weighted by Gasteiger charge is -2.07. The van der Waals surface area contributed by atoms with Crippen LogP contribution in [-0.2, 0) is 25.6 Å². The summed E-state index contributed by atoms with van der Waals surface area (Å²) in [5.74, 6) is -0.165. The molecule has 0 aliphatic heterocycles. The van der Waals surface area contributed by atoms with Crippen LogP contribution >= 0.6 is 15.9 Å². The monoisotopic (exact) mass is 504 g/mol. The minimum absolute atomic E-state index is 0.165. The zero-order chi connectivity index (χ0) is 21.5. The van der Waals surface area contributed by atoms with Gasteiger partial charge in [-0.25, -0.2) is 25.8 Å². The first-order valence-electron chi connectivity index (χ1n) is 8.89. The summed E-state index contributed by atoms with van der Waals surface area (Å²) in [6, 6.07) is 17.1. The van der Waals surface area contributed by atoms with E-state index in [1.165, 1.54) is 22.3 Å². The van der Waals surface area contributed by atoms with Gasteiger partial charge in [-0.15, -0.1) is 0 Å². The largest absolute Gasteiger partial charge is 0.244 e. The maximum atomic E-state index is 13.2. The van der Waals surface area contributed by atoms with Gasteiger partial charge in [-0.3, -0.25) is 0 Å². The second-order valence-corrected chi connectivity index (χ2v) is 11.7. The molecule has 0 fully saturated rings. The molecule has 0 unspecified atom stereocenters. The molecule has 0 aliphatic carbocycles. The van der Waals surface area contributed by atoms with E-state index in [0.29, 0.717) is 32.2 Å². The van der Waals surface area contributed by atoms with E-state index < -0.39 is 19.9 Å². The van der Waals surface area contributed by atoms with Crippen molar-refractivity contribution >= 4 is 46.8 Å². The number of hydrogen-bond donors (Lipinski definition) is 0. The zero-order valence-corrected chi connectivity index (χ0v) is 19.1. The number of halogens is 1. The van der Waals surface area contributed by atoms with Gasteiger partial charge in [0.1, 0.15) is 0 Å². The summed E-state index contributed by atoms with van der Waals surface area (Å²) in [5, 5.41) is 0.646. The van der Waals surface area contributed by atoms with Crippen LogP contribution in [0.4, 0.5) is 0 Å². The molecule has 154 valence electrons. The molecule has 6 nitrogen and oxygen atoms in total. The normalized spacial score (nSPS) is 12.3. The summed E-state index contributed by atoms with van der Waals surface area (Å²) in [6.07, 6.45) is 4.23. The summed E-state index contributed by atoms with van der Waals surface area (Å²) in [6.45, 7) is 0. The Bertz CT molecular complexity index is 1440. The predicted molar refractivity (Wildman–Crippen MR) is 120 cm³/mol. The molecule has 0 bridgehead atoms. The number of nitrogens with zero attached hydrogens (tertiary/aromatic N) is 2. The van der Waals surface area contributed by atoms with Crippen LogP contribution < -0.4 is 0 Å². The second-order valence-electron chi connectivity index (χ2n) is 6.90. The quantitative estimate of drug-likeness (QED) is 0.405. The van der Waals surface area contributed by atoms with Crippen molar-refractivity contribution in [2.24, 2.45) is 0 Å². The van der Waals surface area contributed by atoms with Gasteiger partial charge in [0.05, 0.1) is 10.6 Å². The van der Waals surface area contributed by atoms with E-state index in [4.69, 9.17) is 0 Å². The minimum Gasteiger partial charge on any atom is -0.236 e. The highest BCUT2D eigenvalue weighted by Crippen LogP contribution is 2.33. The van der Waals surface area contributed by atoms with Gasteiger partial charge >= 0.3 is 0 Å². The Morgan fingerprint density at radius 2 is 1.63 bits per heavy atom. The summed E-state index contributed by atoms with van der Waals surface area (Å²) >= 11 is 3.39. The zero-order valence-electron chi connectivity index (χ0n) is 15.9. The van der Waals surface area contributed by atoms with Crippen LogP contribution in [0, 0.1) is 0 Å². The Kier molecular flexibility index (Phi) is 5.29. The van der Waals surface area contributed by atoms with E-state index in [2.05, 4.69) is 20.9 Å². The molecule has 2 heterocycles. The summed E-state index contributed by atoms with van der Waals surface area (Å²) in [4.78, 5) is 4.53. The van der Waals surface area contributed by atoms with Crippen molar-refractivity contribution in [1.29, 1.82) is 0 Å². The summed E-state index contributed by atoms with van der Waals surface area (Å²) in [7, 11) is -7.05. The Morgan fingerprint density at radius 3 is 2.27 bits per heavy atom. The maximum absolute atomic E-state index is 13.2. The molecule has 4 rings (SSSR count). The Labute approximate surface area is 183 Å². The van der Waals surface area contributed by atoms with Gasteiger partial charge in [-0.05, 0) is 45.3 Å². The fourth-order valence-electron chi connectivity index (χ4n) is 3.23.